The normalized spacial score (nSPS) is 11.0. The lowest BCUT2D eigenvalue weighted by Crippen LogP contribution is -2.09. The highest BCUT2D eigenvalue weighted by atomic mass is 79.9. The summed E-state index contributed by atoms with van der Waals surface area (Å²) in [5.74, 6) is -0.949. The van der Waals surface area contributed by atoms with Gasteiger partial charge in [-0.3, -0.25) is 9.51 Å². The minimum absolute atomic E-state index is 0.0134. The number of halogens is 3. The van der Waals surface area contributed by atoms with Gasteiger partial charge in [-0.25, -0.2) is 23.5 Å². The van der Waals surface area contributed by atoms with E-state index in [2.05, 4.69) is 45.9 Å². The topological polar surface area (TPSA) is 96.7 Å². The second-order valence-electron chi connectivity index (χ2n) is 5.92. The molecule has 0 fully saturated rings. The number of nitrogens with one attached hydrogen (secondary N) is 2. The molecule has 0 bridgehead atoms. The van der Waals surface area contributed by atoms with E-state index in [9.17, 15) is 13.6 Å². The minimum Gasteiger partial charge on any atom is -0.370 e. The summed E-state index contributed by atoms with van der Waals surface area (Å²) >= 11 is 4.43. The van der Waals surface area contributed by atoms with Crippen LogP contribution < -0.4 is 11.1 Å². The molecule has 0 aliphatic carbocycles. The van der Waals surface area contributed by atoms with E-state index in [1.54, 1.807) is 12.1 Å². The third-order valence-electron chi connectivity index (χ3n) is 3.99. The summed E-state index contributed by atoms with van der Waals surface area (Å²) < 4.78 is 32.7. The van der Waals surface area contributed by atoms with Crippen LogP contribution in [0.5, 0.6) is 0 Å². The third kappa shape index (κ3) is 4.40. The number of hydrogen-bond donors (Lipinski definition) is 2. The molecule has 1 aromatic carbocycles. The Morgan fingerprint density at radius 1 is 1.14 bits per heavy atom. The van der Waals surface area contributed by atoms with Gasteiger partial charge in [0.25, 0.3) is 0 Å². The predicted octanol–water partition coefficient (Wildman–Crippen LogP) is 4.24. The van der Waals surface area contributed by atoms with Gasteiger partial charge in [-0.15, -0.1) is 11.3 Å². The Morgan fingerprint density at radius 2 is 1.90 bits per heavy atom. The lowest BCUT2D eigenvalue weighted by atomic mass is 10.1. The van der Waals surface area contributed by atoms with E-state index < -0.39 is 17.4 Å². The van der Waals surface area contributed by atoms with Crippen LogP contribution in [0, 0.1) is 11.6 Å². The number of thiophene rings is 1. The fourth-order valence-electron chi connectivity index (χ4n) is 2.65. The molecule has 0 atom stereocenters. The van der Waals surface area contributed by atoms with Gasteiger partial charge < -0.3 is 5.32 Å². The first-order valence-corrected chi connectivity index (χ1v) is 9.96. The average molecular weight is 480 g/mol. The Balaban J connectivity index is 1.46. The second-order valence-corrected chi connectivity index (χ2v) is 7.92. The van der Waals surface area contributed by atoms with Crippen molar-refractivity contribution in [2.24, 2.45) is 0 Å². The second kappa shape index (κ2) is 8.21. The van der Waals surface area contributed by atoms with Crippen LogP contribution in [0.15, 0.2) is 50.4 Å². The number of aromatic nitrogens is 4. The van der Waals surface area contributed by atoms with E-state index in [0.29, 0.717) is 28.4 Å². The van der Waals surface area contributed by atoms with Crippen molar-refractivity contribution >= 4 is 33.1 Å². The molecule has 0 saturated carbocycles. The van der Waals surface area contributed by atoms with Crippen molar-refractivity contribution in [1.82, 2.24) is 20.1 Å². The third-order valence-corrected chi connectivity index (χ3v) is 5.56. The molecule has 0 aliphatic rings. The van der Waals surface area contributed by atoms with Crippen LogP contribution in [0.3, 0.4) is 0 Å². The molecule has 0 unspecified atom stereocenters. The predicted molar refractivity (Wildman–Crippen MR) is 108 cm³/mol. The quantitative estimate of drug-likeness (QED) is 0.429. The number of nitrogens with zero attached hydrogens (tertiary/aromatic N) is 3. The largest absolute Gasteiger partial charge is 0.439 e. The zero-order valence-corrected chi connectivity index (χ0v) is 17.0. The lowest BCUT2D eigenvalue weighted by molar-refractivity contribution is 0.388. The van der Waals surface area contributed by atoms with Crippen molar-refractivity contribution in [2.45, 2.75) is 6.42 Å². The van der Waals surface area contributed by atoms with Gasteiger partial charge in [-0.2, -0.15) is 0 Å². The van der Waals surface area contributed by atoms with Crippen molar-refractivity contribution in [3.8, 4) is 21.3 Å². The summed E-state index contributed by atoms with van der Waals surface area (Å²) in [7, 11) is 0. The van der Waals surface area contributed by atoms with E-state index in [1.807, 2.05) is 6.07 Å². The zero-order valence-electron chi connectivity index (χ0n) is 14.6. The van der Waals surface area contributed by atoms with Crippen molar-refractivity contribution in [2.75, 3.05) is 11.9 Å². The van der Waals surface area contributed by atoms with Gasteiger partial charge in [0.2, 0.25) is 0 Å². The van der Waals surface area contributed by atoms with Crippen LogP contribution in [-0.4, -0.2) is 26.7 Å². The van der Waals surface area contributed by atoms with Crippen molar-refractivity contribution in [1.29, 1.82) is 0 Å². The summed E-state index contributed by atoms with van der Waals surface area (Å²) in [6, 6.07) is 7.83. The first-order chi connectivity index (χ1) is 14.0. The van der Waals surface area contributed by atoms with Crippen LogP contribution in [0.4, 0.5) is 14.6 Å². The molecule has 0 saturated heterocycles. The summed E-state index contributed by atoms with van der Waals surface area (Å²) in [5, 5.41) is 6.71. The first kappa shape index (κ1) is 19.4. The maximum Gasteiger partial charge on any atom is 0.439 e. The molecule has 3 aromatic heterocycles. The molecule has 0 spiro atoms. The Morgan fingerprint density at radius 3 is 2.62 bits per heavy atom. The van der Waals surface area contributed by atoms with E-state index in [1.165, 1.54) is 29.8 Å². The molecule has 148 valence electrons. The van der Waals surface area contributed by atoms with Crippen molar-refractivity contribution in [3.63, 3.8) is 0 Å². The molecule has 7 nitrogen and oxygen atoms in total. The minimum atomic E-state index is -0.623. The fraction of sp³-hybridized carbons (Fsp3) is 0.111. The summed E-state index contributed by atoms with van der Waals surface area (Å²) in [4.78, 5) is 23.5. The number of hydrogen-bond acceptors (Lipinski definition) is 7. The van der Waals surface area contributed by atoms with E-state index in [4.69, 9.17) is 0 Å². The van der Waals surface area contributed by atoms with Crippen LogP contribution >= 0.6 is 27.3 Å². The highest BCUT2D eigenvalue weighted by molar-refractivity contribution is 9.10. The van der Waals surface area contributed by atoms with Gasteiger partial charge in [0.1, 0.15) is 23.8 Å². The van der Waals surface area contributed by atoms with Gasteiger partial charge >= 0.3 is 5.76 Å². The Labute approximate surface area is 175 Å². The summed E-state index contributed by atoms with van der Waals surface area (Å²) in [6.45, 7) is 0.293. The van der Waals surface area contributed by atoms with Gasteiger partial charge in [0, 0.05) is 22.6 Å². The maximum atomic E-state index is 13.9. The van der Waals surface area contributed by atoms with E-state index >= 15 is 0 Å². The van der Waals surface area contributed by atoms with E-state index in [0.717, 1.165) is 9.75 Å². The summed E-state index contributed by atoms with van der Waals surface area (Å²) in [6.07, 6.45) is 1.56. The van der Waals surface area contributed by atoms with Crippen molar-refractivity contribution in [3.05, 3.63) is 68.9 Å². The first-order valence-electron chi connectivity index (χ1n) is 8.35. The van der Waals surface area contributed by atoms with Crippen LogP contribution in [-0.2, 0) is 6.42 Å². The molecule has 3 heterocycles. The summed E-state index contributed by atoms with van der Waals surface area (Å²) in [5.41, 5.74) is 0.671. The lowest BCUT2D eigenvalue weighted by Gasteiger charge is -2.08. The van der Waals surface area contributed by atoms with Crippen LogP contribution in [0.1, 0.15) is 5.56 Å². The highest BCUT2D eigenvalue weighted by Gasteiger charge is 2.12. The van der Waals surface area contributed by atoms with Gasteiger partial charge in [-0.1, -0.05) is 21.1 Å². The van der Waals surface area contributed by atoms with E-state index in [-0.39, 0.29) is 12.0 Å². The monoisotopic (exact) mass is 479 g/mol. The van der Waals surface area contributed by atoms with Crippen molar-refractivity contribution < 1.29 is 13.3 Å². The molecule has 4 aromatic rings. The highest BCUT2D eigenvalue weighted by Crippen LogP contribution is 2.32. The van der Waals surface area contributed by atoms with Crippen LogP contribution in [0.25, 0.3) is 21.3 Å². The molecule has 0 radical (unpaired) electrons. The average Bonchev–Trinajstić information content (AvgIpc) is 3.33. The number of H-pyrrole nitrogens is 1. The standard InChI is InChI=1S/C18H12BrF2N5O2S/c19-9-5-11(20)10(12(21)6-9)3-4-22-16-7-13(23-8-24-16)14-1-2-15(29-14)17-25-18(27)28-26-17/h1-2,5-8H,3-4H2,(H,22,23,24)(H,25,26,27). The molecule has 0 aliphatic heterocycles. The van der Waals surface area contributed by atoms with Gasteiger partial charge in [-0.05, 0) is 30.7 Å². The number of benzene rings is 1. The number of rotatable bonds is 6. The fourth-order valence-corrected chi connectivity index (χ4v) is 3.97. The smallest absolute Gasteiger partial charge is 0.370 e. The Bertz CT molecular complexity index is 1200. The van der Waals surface area contributed by atoms with Crippen LogP contribution in [0.2, 0.25) is 0 Å². The number of anilines is 1. The molecule has 11 heteroatoms. The molecule has 2 N–H and O–H groups in total. The Kier molecular flexibility index (Phi) is 5.49. The molecular weight excluding hydrogens is 468 g/mol. The van der Waals surface area contributed by atoms with Gasteiger partial charge in [0.05, 0.1) is 15.4 Å². The molecular formula is C18H12BrF2N5O2S. The Hall–Kier alpha value is -2.92. The molecule has 0 amide bonds. The SMILES string of the molecule is O=c1[nH]c(-c2ccc(-c3cc(NCCc4c(F)cc(Br)cc4F)ncn3)s2)no1. The van der Waals surface area contributed by atoms with Gasteiger partial charge in [0.15, 0.2) is 5.82 Å². The zero-order chi connectivity index (χ0) is 20.4. The maximum absolute atomic E-state index is 13.9. The number of aromatic amines is 1. The molecule has 29 heavy (non-hydrogen) atoms. The molecule has 4 rings (SSSR count).